The predicted molar refractivity (Wildman–Crippen MR) is 80.2 cm³/mol. The van der Waals surface area contributed by atoms with Crippen LogP contribution in [0.25, 0.3) is 11.1 Å². The monoisotopic (exact) mass is 269 g/mol. The highest BCUT2D eigenvalue weighted by atomic mass is 16.4. The van der Waals surface area contributed by atoms with E-state index in [4.69, 9.17) is 10.8 Å². The van der Waals surface area contributed by atoms with Gasteiger partial charge in [-0.2, -0.15) is 0 Å². The summed E-state index contributed by atoms with van der Waals surface area (Å²) >= 11 is 0. The van der Waals surface area contributed by atoms with E-state index in [-0.39, 0.29) is 6.04 Å². The van der Waals surface area contributed by atoms with E-state index in [0.717, 1.165) is 16.7 Å². The van der Waals surface area contributed by atoms with Crippen molar-refractivity contribution in [2.45, 2.75) is 19.4 Å². The lowest BCUT2D eigenvalue weighted by Gasteiger charge is -2.18. The molecule has 2 atom stereocenters. The van der Waals surface area contributed by atoms with Crippen LogP contribution < -0.4 is 5.73 Å². The third kappa shape index (κ3) is 3.25. The molecule has 0 saturated carbocycles. The Balaban J connectivity index is 2.31. The first-order valence-electron chi connectivity index (χ1n) is 6.72. The van der Waals surface area contributed by atoms with Gasteiger partial charge in [0.15, 0.2) is 0 Å². The molecule has 2 unspecified atom stereocenters. The smallest absolute Gasteiger partial charge is 0.306 e. The third-order valence-electron chi connectivity index (χ3n) is 3.47. The van der Waals surface area contributed by atoms with E-state index in [1.807, 2.05) is 54.6 Å². The van der Waals surface area contributed by atoms with Gasteiger partial charge in [-0.15, -0.1) is 0 Å². The molecule has 20 heavy (non-hydrogen) atoms. The van der Waals surface area contributed by atoms with E-state index >= 15 is 0 Å². The molecule has 3 heteroatoms. The number of hydrogen-bond donors (Lipinski definition) is 2. The number of rotatable bonds is 5. The van der Waals surface area contributed by atoms with Crippen molar-refractivity contribution in [3.8, 4) is 11.1 Å². The lowest BCUT2D eigenvalue weighted by atomic mass is 9.90. The maximum atomic E-state index is 11.0. The van der Waals surface area contributed by atoms with Gasteiger partial charge >= 0.3 is 5.97 Å². The Morgan fingerprint density at radius 1 is 1.10 bits per heavy atom. The van der Waals surface area contributed by atoms with Crippen LogP contribution in [-0.2, 0) is 4.79 Å². The number of carboxylic acid groups (broad SMARTS) is 1. The second-order valence-electron chi connectivity index (χ2n) is 5.03. The van der Waals surface area contributed by atoms with Crippen molar-refractivity contribution < 1.29 is 9.90 Å². The van der Waals surface area contributed by atoms with Gasteiger partial charge in [0, 0.05) is 6.04 Å². The summed E-state index contributed by atoms with van der Waals surface area (Å²) in [5.74, 6) is -1.26. The molecule has 0 radical (unpaired) electrons. The average Bonchev–Trinajstić information content (AvgIpc) is 2.48. The van der Waals surface area contributed by atoms with Crippen molar-refractivity contribution in [3.05, 3.63) is 60.2 Å². The quantitative estimate of drug-likeness (QED) is 0.873. The molecule has 0 aliphatic rings. The van der Waals surface area contributed by atoms with Gasteiger partial charge in [0.1, 0.15) is 0 Å². The Bertz CT molecular complexity index is 581. The summed E-state index contributed by atoms with van der Waals surface area (Å²) in [7, 11) is 0. The molecule has 2 aromatic carbocycles. The molecule has 2 aromatic rings. The molecule has 0 fully saturated rings. The number of carboxylic acids is 1. The lowest BCUT2D eigenvalue weighted by molar-refractivity contribution is -0.141. The molecule has 2 rings (SSSR count). The van der Waals surface area contributed by atoms with Crippen LogP contribution >= 0.6 is 0 Å². The molecule has 0 aliphatic carbocycles. The first kappa shape index (κ1) is 14.3. The summed E-state index contributed by atoms with van der Waals surface area (Å²) in [5, 5.41) is 9.01. The summed E-state index contributed by atoms with van der Waals surface area (Å²) in [6.07, 6.45) is 0.430. The van der Waals surface area contributed by atoms with Crippen molar-refractivity contribution >= 4 is 5.97 Å². The highest BCUT2D eigenvalue weighted by Gasteiger charge is 2.18. The zero-order valence-corrected chi connectivity index (χ0v) is 11.5. The van der Waals surface area contributed by atoms with Crippen LogP contribution in [0.2, 0.25) is 0 Å². The van der Waals surface area contributed by atoms with Gasteiger partial charge in [-0.05, 0) is 23.1 Å². The van der Waals surface area contributed by atoms with E-state index in [1.165, 1.54) is 0 Å². The molecule has 0 bridgehead atoms. The molecule has 104 valence electrons. The zero-order valence-electron chi connectivity index (χ0n) is 11.5. The molecule has 0 aromatic heterocycles. The molecule has 0 spiro atoms. The maximum Gasteiger partial charge on any atom is 0.306 e. The maximum absolute atomic E-state index is 11.0. The second-order valence-corrected chi connectivity index (χ2v) is 5.03. The number of nitrogens with two attached hydrogens (primary N) is 1. The Labute approximate surface area is 119 Å². The summed E-state index contributed by atoms with van der Waals surface area (Å²) < 4.78 is 0. The van der Waals surface area contributed by atoms with Crippen molar-refractivity contribution in [1.29, 1.82) is 0 Å². The highest BCUT2D eigenvalue weighted by molar-refractivity contribution is 5.70. The van der Waals surface area contributed by atoms with Gasteiger partial charge in [0.05, 0.1) is 5.92 Å². The van der Waals surface area contributed by atoms with Crippen LogP contribution in [0.5, 0.6) is 0 Å². The van der Waals surface area contributed by atoms with Crippen LogP contribution in [0.3, 0.4) is 0 Å². The average molecular weight is 269 g/mol. The van der Waals surface area contributed by atoms with Gasteiger partial charge in [-0.1, -0.05) is 61.5 Å². The minimum absolute atomic E-state index is 0.280. The summed E-state index contributed by atoms with van der Waals surface area (Å²) in [6.45, 7) is 1.69. The van der Waals surface area contributed by atoms with Crippen LogP contribution in [0.4, 0.5) is 0 Å². The number of carbonyl (C=O) groups is 1. The highest BCUT2D eigenvalue weighted by Crippen LogP contribution is 2.29. The van der Waals surface area contributed by atoms with Crippen molar-refractivity contribution in [1.82, 2.24) is 0 Å². The second kappa shape index (κ2) is 6.35. The zero-order chi connectivity index (χ0) is 14.5. The van der Waals surface area contributed by atoms with Crippen molar-refractivity contribution in [2.75, 3.05) is 0 Å². The van der Waals surface area contributed by atoms with Crippen LogP contribution in [0.15, 0.2) is 54.6 Å². The van der Waals surface area contributed by atoms with Crippen LogP contribution in [-0.4, -0.2) is 11.1 Å². The molecule has 0 amide bonds. The third-order valence-corrected chi connectivity index (χ3v) is 3.47. The van der Waals surface area contributed by atoms with Gasteiger partial charge in [0.2, 0.25) is 0 Å². The van der Waals surface area contributed by atoms with Crippen LogP contribution in [0.1, 0.15) is 24.9 Å². The number of benzene rings is 2. The molecule has 0 saturated heterocycles. The topological polar surface area (TPSA) is 63.3 Å². The van der Waals surface area contributed by atoms with Crippen LogP contribution in [0, 0.1) is 5.92 Å². The van der Waals surface area contributed by atoms with Gasteiger partial charge < -0.3 is 10.8 Å². The summed E-state index contributed by atoms with van der Waals surface area (Å²) in [5.41, 5.74) is 9.37. The molecular weight excluding hydrogens is 250 g/mol. The minimum Gasteiger partial charge on any atom is -0.481 e. The van der Waals surface area contributed by atoms with Gasteiger partial charge in [-0.3, -0.25) is 4.79 Å². The number of hydrogen-bond acceptors (Lipinski definition) is 2. The normalized spacial score (nSPS) is 13.7. The molecule has 0 aliphatic heterocycles. The van der Waals surface area contributed by atoms with E-state index in [2.05, 4.69) is 0 Å². The van der Waals surface area contributed by atoms with E-state index in [0.29, 0.717) is 6.42 Å². The largest absolute Gasteiger partial charge is 0.481 e. The fourth-order valence-corrected chi connectivity index (χ4v) is 2.31. The SMILES string of the molecule is CC(CC(N)c1ccccc1-c1ccccc1)C(=O)O. The fraction of sp³-hybridized carbons (Fsp3) is 0.235. The Hall–Kier alpha value is -2.13. The predicted octanol–water partition coefficient (Wildman–Crippen LogP) is 3.46. The summed E-state index contributed by atoms with van der Waals surface area (Å²) in [4.78, 5) is 11.0. The molecule has 3 N–H and O–H groups in total. The molecule has 0 heterocycles. The Morgan fingerprint density at radius 3 is 2.35 bits per heavy atom. The first-order valence-corrected chi connectivity index (χ1v) is 6.72. The number of aliphatic carboxylic acids is 1. The fourth-order valence-electron chi connectivity index (χ4n) is 2.31. The lowest BCUT2D eigenvalue weighted by Crippen LogP contribution is -2.19. The van der Waals surface area contributed by atoms with Gasteiger partial charge in [0.25, 0.3) is 0 Å². The summed E-state index contributed by atoms with van der Waals surface area (Å²) in [6, 6.07) is 17.6. The van der Waals surface area contributed by atoms with Gasteiger partial charge in [-0.25, -0.2) is 0 Å². The Kier molecular flexibility index (Phi) is 4.53. The molecule has 3 nitrogen and oxygen atoms in total. The van der Waals surface area contributed by atoms with E-state index < -0.39 is 11.9 Å². The molecular formula is C17H19NO2. The van der Waals surface area contributed by atoms with Crippen molar-refractivity contribution in [2.24, 2.45) is 11.7 Å². The first-order chi connectivity index (χ1) is 9.59. The minimum atomic E-state index is -0.808. The van der Waals surface area contributed by atoms with Crippen molar-refractivity contribution in [3.63, 3.8) is 0 Å². The Morgan fingerprint density at radius 2 is 1.70 bits per heavy atom. The van der Waals surface area contributed by atoms with E-state index in [1.54, 1.807) is 6.92 Å². The van der Waals surface area contributed by atoms with E-state index in [9.17, 15) is 4.79 Å². The standard InChI is InChI=1S/C17H19NO2/c1-12(17(19)20)11-16(18)15-10-6-5-9-14(15)13-7-3-2-4-8-13/h2-10,12,16H,11,18H2,1H3,(H,19,20).